The summed E-state index contributed by atoms with van der Waals surface area (Å²) in [6.07, 6.45) is -4.40. The summed E-state index contributed by atoms with van der Waals surface area (Å²) in [5.74, 6) is -0.384. The van der Waals surface area contributed by atoms with Crippen LogP contribution in [0.5, 0.6) is 0 Å². The van der Waals surface area contributed by atoms with Crippen LogP contribution in [0.15, 0.2) is 36.4 Å². The molecule has 0 saturated carbocycles. The molecule has 1 amide bonds. The number of carbonyl (C=O) groups excluding carboxylic acids is 1. The molecule has 0 unspecified atom stereocenters. The zero-order valence-corrected chi connectivity index (χ0v) is 11.9. The quantitative estimate of drug-likeness (QED) is 0.921. The second-order valence-electron chi connectivity index (χ2n) is 5.49. The molecule has 6 heteroatoms. The van der Waals surface area contributed by atoms with Crippen LogP contribution in [-0.4, -0.2) is 23.6 Å². The van der Waals surface area contributed by atoms with Crippen molar-refractivity contribution in [1.82, 2.24) is 10.4 Å². The highest BCUT2D eigenvalue weighted by Crippen LogP contribution is 2.40. The van der Waals surface area contributed by atoms with Crippen molar-refractivity contribution >= 4 is 16.7 Å². The molecule has 1 aliphatic heterocycles. The van der Waals surface area contributed by atoms with E-state index >= 15 is 0 Å². The van der Waals surface area contributed by atoms with E-state index in [9.17, 15) is 18.0 Å². The van der Waals surface area contributed by atoms with Crippen molar-refractivity contribution in [2.45, 2.75) is 25.6 Å². The number of hydrazine groups is 1. The number of halogens is 3. The summed E-state index contributed by atoms with van der Waals surface area (Å²) < 4.78 is 40.8. The summed E-state index contributed by atoms with van der Waals surface area (Å²) in [5, 5.41) is 2.30. The maximum Gasteiger partial charge on any atom is 0.409 e. The number of amides is 1. The van der Waals surface area contributed by atoms with Crippen molar-refractivity contribution in [2.75, 3.05) is 6.54 Å². The highest BCUT2D eigenvalue weighted by atomic mass is 19.4. The molecule has 1 saturated heterocycles. The van der Waals surface area contributed by atoms with E-state index < -0.39 is 12.2 Å². The van der Waals surface area contributed by atoms with Gasteiger partial charge in [-0.1, -0.05) is 42.0 Å². The first-order chi connectivity index (χ1) is 10.4. The van der Waals surface area contributed by atoms with Crippen molar-refractivity contribution in [2.24, 2.45) is 0 Å². The van der Waals surface area contributed by atoms with Gasteiger partial charge in [0.25, 0.3) is 0 Å². The average molecular weight is 308 g/mol. The Bertz CT molecular complexity index is 727. The Balaban J connectivity index is 2.14. The molecule has 0 spiro atoms. The van der Waals surface area contributed by atoms with Crippen LogP contribution in [0.3, 0.4) is 0 Å². The zero-order chi connectivity index (χ0) is 15.9. The molecule has 0 bridgehead atoms. The van der Waals surface area contributed by atoms with Crippen LogP contribution in [0.1, 0.15) is 23.6 Å². The summed E-state index contributed by atoms with van der Waals surface area (Å²) in [5.41, 5.74) is 3.46. The van der Waals surface area contributed by atoms with Crippen LogP contribution >= 0.6 is 0 Å². The summed E-state index contributed by atoms with van der Waals surface area (Å²) in [7, 11) is 0. The molecule has 1 fully saturated rings. The van der Waals surface area contributed by atoms with Gasteiger partial charge in [-0.3, -0.25) is 10.2 Å². The number of carbonyl (C=O) groups is 1. The molecular weight excluding hydrogens is 293 g/mol. The van der Waals surface area contributed by atoms with E-state index in [-0.39, 0.29) is 24.4 Å². The Hall–Kier alpha value is -2.08. The van der Waals surface area contributed by atoms with Gasteiger partial charge < -0.3 is 0 Å². The van der Waals surface area contributed by atoms with Gasteiger partial charge in [0.1, 0.15) is 0 Å². The van der Waals surface area contributed by atoms with Crippen LogP contribution in [0.2, 0.25) is 0 Å². The fraction of sp³-hybridized carbons (Fsp3) is 0.312. The maximum absolute atomic E-state index is 13.6. The van der Waals surface area contributed by atoms with E-state index in [4.69, 9.17) is 0 Å². The van der Waals surface area contributed by atoms with Crippen molar-refractivity contribution < 1.29 is 18.0 Å². The molecule has 1 N–H and O–H groups in total. The monoisotopic (exact) mass is 308 g/mol. The topological polar surface area (TPSA) is 32.3 Å². The van der Waals surface area contributed by atoms with Gasteiger partial charge in [0.05, 0.1) is 0 Å². The van der Waals surface area contributed by atoms with Crippen LogP contribution in [-0.2, 0) is 4.79 Å². The first-order valence-corrected chi connectivity index (χ1v) is 6.98. The first kappa shape index (κ1) is 14.8. The van der Waals surface area contributed by atoms with Crippen molar-refractivity contribution in [1.29, 1.82) is 0 Å². The van der Waals surface area contributed by atoms with E-state index in [1.54, 1.807) is 24.3 Å². The third-order valence-electron chi connectivity index (χ3n) is 3.83. The lowest BCUT2D eigenvalue weighted by atomic mass is 9.97. The Morgan fingerprint density at radius 2 is 2.00 bits per heavy atom. The third kappa shape index (κ3) is 2.66. The van der Waals surface area contributed by atoms with E-state index in [2.05, 4.69) is 5.43 Å². The van der Waals surface area contributed by atoms with Gasteiger partial charge in [-0.2, -0.15) is 13.2 Å². The molecule has 0 radical (unpaired) electrons. The number of nitrogens with zero attached hydrogens (tertiary/aromatic N) is 1. The number of nitrogens with one attached hydrogen (secondary N) is 1. The van der Waals surface area contributed by atoms with Gasteiger partial charge in [-0.15, -0.1) is 0 Å². The van der Waals surface area contributed by atoms with Crippen molar-refractivity contribution in [3.63, 3.8) is 0 Å². The van der Waals surface area contributed by atoms with Gasteiger partial charge in [-0.05, 0) is 23.3 Å². The van der Waals surface area contributed by atoms with Crippen LogP contribution in [0.4, 0.5) is 13.2 Å². The second kappa shape index (κ2) is 5.28. The lowest BCUT2D eigenvalue weighted by Gasteiger charge is -2.30. The van der Waals surface area contributed by atoms with Crippen LogP contribution in [0.25, 0.3) is 10.8 Å². The van der Waals surface area contributed by atoms with Gasteiger partial charge in [0, 0.05) is 13.0 Å². The minimum Gasteiger partial charge on any atom is -0.288 e. The smallest absolute Gasteiger partial charge is 0.288 e. The summed E-state index contributed by atoms with van der Waals surface area (Å²) in [4.78, 5) is 11.3. The summed E-state index contributed by atoms with van der Waals surface area (Å²) in [6.45, 7) is 1.94. The van der Waals surface area contributed by atoms with Gasteiger partial charge in [-0.25, -0.2) is 5.01 Å². The highest BCUT2D eigenvalue weighted by molar-refractivity contribution is 5.87. The van der Waals surface area contributed by atoms with Crippen molar-refractivity contribution in [3.8, 4) is 0 Å². The number of fused-ring (bicyclic) bond motifs is 1. The predicted octanol–water partition coefficient (Wildman–Crippen LogP) is 3.49. The molecule has 3 rings (SSSR count). The van der Waals surface area contributed by atoms with Crippen LogP contribution in [0, 0.1) is 6.92 Å². The molecule has 0 aromatic heterocycles. The number of aryl methyl sites for hydroxylation is 1. The predicted molar refractivity (Wildman–Crippen MR) is 76.9 cm³/mol. The molecule has 2 aromatic rings. The minimum atomic E-state index is -4.48. The molecule has 1 heterocycles. The average Bonchev–Trinajstić information content (AvgIpc) is 2.83. The molecule has 22 heavy (non-hydrogen) atoms. The Morgan fingerprint density at radius 1 is 1.23 bits per heavy atom. The molecule has 2 aromatic carbocycles. The van der Waals surface area contributed by atoms with E-state index in [0.29, 0.717) is 5.39 Å². The van der Waals surface area contributed by atoms with E-state index in [1.165, 1.54) is 6.07 Å². The summed E-state index contributed by atoms with van der Waals surface area (Å²) in [6, 6.07) is 8.40. The standard InChI is InChI=1S/C16H15F3N2O/c1-10-5-6-12-11(9-10)3-2-4-13(12)15(16(17,18)19)21-8-7-14(22)20-21/h2-6,9,15H,7-8H2,1H3,(H,20,22)/t15-/m0/s1. The molecule has 0 aliphatic carbocycles. The highest BCUT2D eigenvalue weighted by Gasteiger charge is 2.47. The van der Waals surface area contributed by atoms with Gasteiger partial charge >= 0.3 is 6.18 Å². The first-order valence-electron chi connectivity index (χ1n) is 6.98. The number of rotatable bonds is 2. The fourth-order valence-electron chi connectivity index (χ4n) is 2.88. The molecule has 1 atom stereocenters. The maximum atomic E-state index is 13.6. The lowest BCUT2D eigenvalue weighted by Crippen LogP contribution is -2.43. The number of hydrogen-bond acceptors (Lipinski definition) is 2. The lowest BCUT2D eigenvalue weighted by molar-refractivity contribution is -0.190. The minimum absolute atomic E-state index is 0.0469. The third-order valence-corrected chi connectivity index (χ3v) is 3.83. The molecule has 3 nitrogen and oxygen atoms in total. The number of benzene rings is 2. The number of alkyl halides is 3. The Kier molecular flexibility index (Phi) is 3.56. The van der Waals surface area contributed by atoms with Crippen molar-refractivity contribution in [3.05, 3.63) is 47.5 Å². The van der Waals surface area contributed by atoms with E-state index in [1.807, 2.05) is 13.0 Å². The Morgan fingerprint density at radius 3 is 2.64 bits per heavy atom. The van der Waals surface area contributed by atoms with Gasteiger partial charge in [0.15, 0.2) is 6.04 Å². The summed E-state index contributed by atoms with van der Waals surface area (Å²) >= 11 is 0. The normalized spacial score (nSPS) is 17.7. The molecule has 116 valence electrons. The second-order valence-corrected chi connectivity index (χ2v) is 5.49. The number of hydrogen-bond donors (Lipinski definition) is 1. The molecule has 1 aliphatic rings. The molecular formula is C16H15F3N2O. The zero-order valence-electron chi connectivity index (χ0n) is 11.9. The SMILES string of the molecule is Cc1ccc2c([C@H](N3CCC(=O)N3)C(F)(F)F)cccc2c1. The Labute approximate surface area is 125 Å². The largest absolute Gasteiger partial charge is 0.409 e. The van der Waals surface area contributed by atoms with Crippen LogP contribution < -0.4 is 5.43 Å². The fourth-order valence-corrected chi connectivity index (χ4v) is 2.88. The van der Waals surface area contributed by atoms with Gasteiger partial charge in [0.2, 0.25) is 5.91 Å². The van der Waals surface area contributed by atoms with E-state index in [0.717, 1.165) is 16.0 Å².